The Kier molecular flexibility index (Phi) is 6.79. The number of urea groups is 1. The van der Waals surface area contributed by atoms with E-state index in [1.165, 1.54) is 0 Å². The van der Waals surface area contributed by atoms with Gasteiger partial charge in [0.2, 0.25) is 0 Å². The molecule has 3 N–H and O–H groups in total. The monoisotopic (exact) mass is 475 g/mol. The normalized spacial score (nSPS) is 14.2. The first kappa shape index (κ1) is 24.0. The van der Waals surface area contributed by atoms with Crippen LogP contribution in [0.3, 0.4) is 0 Å². The number of halogens is 8. The standard InChI is InChI=1S/C17H13Cl2F6N3O2/c1-15(30,17(23,24)25)9-4-10(18)13(11(19)5-9)28-14(29)27-7-8-2-3-12(26-6-8)16(20,21)22/h2-6,30H,7H2,1H3,(H2,27,28,29)/t15-/m1/s1. The van der Waals surface area contributed by atoms with E-state index in [4.69, 9.17) is 23.2 Å². The van der Waals surface area contributed by atoms with E-state index in [0.717, 1.165) is 30.5 Å². The van der Waals surface area contributed by atoms with Gasteiger partial charge in [-0.25, -0.2) is 4.79 Å². The van der Waals surface area contributed by atoms with Gasteiger partial charge in [0.1, 0.15) is 5.69 Å². The van der Waals surface area contributed by atoms with Crippen molar-refractivity contribution in [2.24, 2.45) is 0 Å². The molecule has 2 rings (SSSR count). The van der Waals surface area contributed by atoms with E-state index in [2.05, 4.69) is 15.6 Å². The summed E-state index contributed by atoms with van der Waals surface area (Å²) in [6.45, 7) is 0.319. The molecule has 0 aliphatic rings. The van der Waals surface area contributed by atoms with E-state index < -0.39 is 35.2 Å². The summed E-state index contributed by atoms with van der Waals surface area (Å²) in [5.74, 6) is 0. The van der Waals surface area contributed by atoms with Crippen molar-refractivity contribution in [3.8, 4) is 0 Å². The lowest BCUT2D eigenvalue weighted by Crippen LogP contribution is -2.39. The maximum absolute atomic E-state index is 13.0. The molecule has 1 heterocycles. The fourth-order valence-corrected chi connectivity index (χ4v) is 2.76. The highest BCUT2D eigenvalue weighted by molar-refractivity contribution is 6.39. The summed E-state index contributed by atoms with van der Waals surface area (Å²) >= 11 is 11.8. The molecule has 5 nitrogen and oxygen atoms in total. The van der Waals surface area contributed by atoms with Crippen molar-refractivity contribution in [1.29, 1.82) is 0 Å². The van der Waals surface area contributed by atoms with Gasteiger partial charge in [0.05, 0.1) is 15.7 Å². The van der Waals surface area contributed by atoms with Crippen LogP contribution in [0.1, 0.15) is 23.7 Å². The molecule has 2 amide bonds. The molecule has 164 valence electrons. The molecule has 0 aliphatic heterocycles. The third-order valence-corrected chi connectivity index (χ3v) is 4.56. The Morgan fingerprint density at radius 3 is 2.10 bits per heavy atom. The van der Waals surface area contributed by atoms with Gasteiger partial charge in [-0.05, 0) is 36.2 Å². The number of carbonyl (C=O) groups is 1. The summed E-state index contributed by atoms with van der Waals surface area (Å²) < 4.78 is 76.3. The van der Waals surface area contributed by atoms with Crippen LogP contribution in [0.2, 0.25) is 10.0 Å². The van der Waals surface area contributed by atoms with Crippen LogP contribution < -0.4 is 10.6 Å². The largest absolute Gasteiger partial charge is 0.433 e. The average molecular weight is 476 g/mol. The minimum absolute atomic E-state index is 0.201. The third-order valence-electron chi connectivity index (χ3n) is 3.96. The SMILES string of the molecule is C[C@@](O)(c1cc(Cl)c(NC(=O)NCc2ccc(C(F)(F)F)nc2)c(Cl)c1)C(F)(F)F. The van der Waals surface area contributed by atoms with Gasteiger partial charge < -0.3 is 15.7 Å². The Balaban J connectivity index is 2.08. The zero-order valence-electron chi connectivity index (χ0n) is 14.9. The number of nitrogens with one attached hydrogen (secondary N) is 2. The number of hydrogen-bond donors (Lipinski definition) is 3. The van der Waals surface area contributed by atoms with Crippen molar-refractivity contribution in [3.05, 3.63) is 57.3 Å². The van der Waals surface area contributed by atoms with E-state index in [9.17, 15) is 36.2 Å². The number of anilines is 1. The third kappa shape index (κ3) is 5.46. The van der Waals surface area contributed by atoms with Crippen molar-refractivity contribution >= 4 is 34.9 Å². The van der Waals surface area contributed by atoms with Crippen LogP contribution in [-0.2, 0) is 18.3 Å². The van der Waals surface area contributed by atoms with Gasteiger partial charge in [0.25, 0.3) is 0 Å². The van der Waals surface area contributed by atoms with E-state index in [1.807, 2.05) is 0 Å². The fraction of sp³-hybridized carbons (Fsp3) is 0.294. The molecule has 0 aliphatic carbocycles. The zero-order chi connectivity index (χ0) is 22.9. The van der Waals surface area contributed by atoms with Crippen LogP contribution in [0.5, 0.6) is 0 Å². The van der Waals surface area contributed by atoms with Gasteiger partial charge in [-0.15, -0.1) is 0 Å². The Hall–Kier alpha value is -2.24. The summed E-state index contributed by atoms with van der Waals surface area (Å²) in [6, 6.07) is 2.58. The van der Waals surface area contributed by atoms with Crippen LogP contribution >= 0.6 is 23.2 Å². The lowest BCUT2D eigenvalue weighted by atomic mass is 9.95. The Morgan fingerprint density at radius 2 is 1.67 bits per heavy atom. The lowest BCUT2D eigenvalue weighted by Gasteiger charge is -2.27. The first-order chi connectivity index (χ1) is 13.6. The number of hydrogen-bond acceptors (Lipinski definition) is 3. The number of aliphatic hydroxyl groups is 1. The van der Waals surface area contributed by atoms with Crippen LogP contribution in [0.4, 0.5) is 36.8 Å². The topological polar surface area (TPSA) is 74.2 Å². The molecule has 13 heteroatoms. The van der Waals surface area contributed by atoms with Crippen LogP contribution in [-0.4, -0.2) is 22.3 Å². The Bertz CT molecular complexity index is 908. The van der Waals surface area contributed by atoms with E-state index in [-0.39, 0.29) is 27.8 Å². The maximum Gasteiger partial charge on any atom is 0.433 e. The number of amides is 2. The number of rotatable bonds is 4. The number of benzene rings is 1. The zero-order valence-corrected chi connectivity index (χ0v) is 16.4. The first-order valence-electron chi connectivity index (χ1n) is 7.98. The van der Waals surface area contributed by atoms with Crippen LogP contribution in [0, 0.1) is 0 Å². The molecule has 0 bridgehead atoms. The van der Waals surface area contributed by atoms with Gasteiger partial charge in [-0.3, -0.25) is 4.98 Å². The Labute approximate surface area is 176 Å². The smallest absolute Gasteiger partial charge is 0.376 e. The minimum atomic E-state index is -5.00. The highest BCUT2D eigenvalue weighted by Crippen LogP contribution is 2.42. The summed E-state index contributed by atoms with van der Waals surface area (Å²) in [5.41, 5.74) is -4.91. The number of alkyl halides is 6. The molecule has 30 heavy (non-hydrogen) atoms. The molecule has 0 unspecified atom stereocenters. The first-order valence-corrected chi connectivity index (χ1v) is 8.74. The van der Waals surface area contributed by atoms with Crippen LogP contribution in [0.15, 0.2) is 30.5 Å². The van der Waals surface area contributed by atoms with Crippen molar-refractivity contribution in [2.45, 2.75) is 31.4 Å². The summed E-state index contributed by atoms with van der Waals surface area (Å²) in [6.07, 6.45) is -8.67. The fourth-order valence-electron chi connectivity index (χ4n) is 2.17. The highest BCUT2D eigenvalue weighted by Gasteiger charge is 2.51. The number of pyridine rings is 1. The van der Waals surface area contributed by atoms with Crippen molar-refractivity contribution in [2.75, 3.05) is 5.32 Å². The second kappa shape index (κ2) is 8.48. The van der Waals surface area contributed by atoms with Crippen molar-refractivity contribution < 1.29 is 36.2 Å². The second-order valence-corrected chi connectivity index (χ2v) is 7.06. The molecule has 1 aromatic carbocycles. The van der Waals surface area contributed by atoms with Gasteiger partial charge in [0, 0.05) is 12.7 Å². The van der Waals surface area contributed by atoms with Crippen molar-refractivity contribution in [3.63, 3.8) is 0 Å². The van der Waals surface area contributed by atoms with E-state index >= 15 is 0 Å². The molecule has 2 aromatic rings. The number of carbonyl (C=O) groups excluding carboxylic acids is 1. The van der Waals surface area contributed by atoms with Crippen molar-refractivity contribution in [1.82, 2.24) is 10.3 Å². The molecule has 0 fully saturated rings. The molecule has 0 radical (unpaired) electrons. The average Bonchev–Trinajstić information content (AvgIpc) is 2.61. The molecule has 0 saturated carbocycles. The van der Waals surface area contributed by atoms with E-state index in [0.29, 0.717) is 6.92 Å². The predicted molar refractivity (Wildman–Crippen MR) is 97.2 cm³/mol. The molecule has 1 atom stereocenters. The number of aromatic nitrogens is 1. The molecular weight excluding hydrogens is 463 g/mol. The molecular formula is C17H13Cl2F6N3O2. The minimum Gasteiger partial charge on any atom is -0.376 e. The quantitative estimate of drug-likeness (QED) is 0.511. The second-order valence-electron chi connectivity index (χ2n) is 6.24. The van der Waals surface area contributed by atoms with E-state index in [1.54, 1.807) is 0 Å². The molecule has 0 saturated heterocycles. The van der Waals surface area contributed by atoms with Crippen LogP contribution in [0.25, 0.3) is 0 Å². The van der Waals surface area contributed by atoms with Gasteiger partial charge >= 0.3 is 18.4 Å². The summed E-state index contributed by atoms with van der Waals surface area (Å²) in [5, 5.41) is 13.5. The summed E-state index contributed by atoms with van der Waals surface area (Å²) in [4.78, 5) is 15.2. The molecule has 0 spiro atoms. The van der Waals surface area contributed by atoms with Gasteiger partial charge in [-0.2, -0.15) is 26.3 Å². The highest BCUT2D eigenvalue weighted by atomic mass is 35.5. The predicted octanol–water partition coefficient (Wildman–Crippen LogP) is 5.50. The Morgan fingerprint density at radius 1 is 1.10 bits per heavy atom. The number of nitrogens with zero attached hydrogens (tertiary/aromatic N) is 1. The lowest BCUT2D eigenvalue weighted by molar-refractivity contribution is -0.258. The van der Waals surface area contributed by atoms with Gasteiger partial charge in [-0.1, -0.05) is 29.3 Å². The summed E-state index contributed by atoms with van der Waals surface area (Å²) in [7, 11) is 0. The molecule has 1 aromatic heterocycles. The van der Waals surface area contributed by atoms with Gasteiger partial charge in [0.15, 0.2) is 5.60 Å². The maximum atomic E-state index is 13.0.